The van der Waals surface area contributed by atoms with Crippen LogP contribution in [0.5, 0.6) is 0 Å². The van der Waals surface area contributed by atoms with E-state index in [0.717, 1.165) is 45.1 Å². The minimum absolute atomic E-state index is 0.106. The van der Waals surface area contributed by atoms with Crippen LogP contribution in [-0.4, -0.2) is 41.9 Å². The average molecular weight is 295 g/mol. The van der Waals surface area contributed by atoms with Crippen LogP contribution < -0.4 is 11.1 Å². The molecule has 3 atom stereocenters. The maximum absolute atomic E-state index is 12.4. The first-order valence-electron chi connectivity index (χ1n) is 8.43. The van der Waals surface area contributed by atoms with Crippen LogP contribution in [0.1, 0.15) is 58.3 Å². The first-order valence-corrected chi connectivity index (χ1v) is 8.43. The number of piperidine rings is 1. The molecule has 2 amide bonds. The van der Waals surface area contributed by atoms with Gasteiger partial charge >= 0.3 is 0 Å². The molecule has 0 aromatic heterocycles. The first-order chi connectivity index (χ1) is 10.1. The molecule has 1 unspecified atom stereocenters. The van der Waals surface area contributed by atoms with E-state index in [-0.39, 0.29) is 23.9 Å². The third-order valence-corrected chi connectivity index (χ3v) is 4.77. The normalized spacial score (nSPS) is 29.4. The van der Waals surface area contributed by atoms with Crippen molar-refractivity contribution < 1.29 is 9.59 Å². The fourth-order valence-electron chi connectivity index (χ4n) is 3.52. The Hall–Kier alpha value is -1.10. The highest BCUT2D eigenvalue weighted by atomic mass is 16.2. The Kier molecular flexibility index (Phi) is 6.03. The Bertz CT molecular complexity index is 373. The van der Waals surface area contributed by atoms with Gasteiger partial charge in [0.15, 0.2) is 0 Å². The zero-order valence-electron chi connectivity index (χ0n) is 13.1. The largest absolute Gasteiger partial charge is 0.352 e. The Morgan fingerprint density at radius 2 is 2.05 bits per heavy atom. The lowest BCUT2D eigenvalue weighted by Crippen LogP contribution is -2.50. The molecule has 0 spiro atoms. The first kappa shape index (κ1) is 16.3. The minimum Gasteiger partial charge on any atom is -0.352 e. The molecule has 120 valence electrons. The Morgan fingerprint density at radius 3 is 2.71 bits per heavy atom. The highest BCUT2D eigenvalue weighted by Crippen LogP contribution is 2.27. The van der Waals surface area contributed by atoms with Crippen molar-refractivity contribution in [2.75, 3.05) is 13.1 Å². The molecule has 1 heterocycles. The van der Waals surface area contributed by atoms with E-state index in [0.29, 0.717) is 25.3 Å². The summed E-state index contributed by atoms with van der Waals surface area (Å²) in [5, 5.41) is 3.05. The minimum atomic E-state index is 0.106. The van der Waals surface area contributed by atoms with E-state index in [1.807, 2.05) is 11.8 Å². The maximum Gasteiger partial charge on any atom is 0.222 e. The molecule has 0 aromatic rings. The topological polar surface area (TPSA) is 75.4 Å². The summed E-state index contributed by atoms with van der Waals surface area (Å²) in [6, 6.07) is 0.317. The highest BCUT2D eigenvalue weighted by Gasteiger charge is 2.30. The SMILES string of the molecule is CCCC(=O)NC1CCCN(C(=O)C[C@@H]2CCC[C@H]2N)C1. The van der Waals surface area contributed by atoms with E-state index in [2.05, 4.69) is 5.32 Å². The van der Waals surface area contributed by atoms with Gasteiger partial charge in [-0.25, -0.2) is 0 Å². The van der Waals surface area contributed by atoms with Crippen LogP contribution in [0.25, 0.3) is 0 Å². The second kappa shape index (κ2) is 7.78. The fraction of sp³-hybridized carbons (Fsp3) is 0.875. The van der Waals surface area contributed by atoms with Gasteiger partial charge in [-0.15, -0.1) is 0 Å². The zero-order valence-corrected chi connectivity index (χ0v) is 13.1. The van der Waals surface area contributed by atoms with Crippen molar-refractivity contribution in [1.29, 1.82) is 0 Å². The molecule has 2 rings (SSSR count). The molecule has 2 aliphatic rings. The van der Waals surface area contributed by atoms with Gasteiger partial charge < -0.3 is 16.0 Å². The van der Waals surface area contributed by atoms with Gasteiger partial charge in [-0.3, -0.25) is 9.59 Å². The van der Waals surface area contributed by atoms with Crippen molar-refractivity contribution in [3.05, 3.63) is 0 Å². The molecule has 1 saturated carbocycles. The molecule has 1 saturated heterocycles. The maximum atomic E-state index is 12.4. The second-order valence-electron chi connectivity index (χ2n) is 6.56. The lowest BCUT2D eigenvalue weighted by molar-refractivity contribution is -0.134. The monoisotopic (exact) mass is 295 g/mol. The lowest BCUT2D eigenvalue weighted by Gasteiger charge is -2.34. The van der Waals surface area contributed by atoms with Crippen LogP contribution in [0, 0.1) is 5.92 Å². The lowest BCUT2D eigenvalue weighted by atomic mass is 9.98. The molecule has 2 fully saturated rings. The highest BCUT2D eigenvalue weighted by molar-refractivity contribution is 5.78. The summed E-state index contributed by atoms with van der Waals surface area (Å²) in [6.45, 7) is 3.48. The molecule has 0 aromatic carbocycles. The van der Waals surface area contributed by atoms with Crippen molar-refractivity contribution in [3.63, 3.8) is 0 Å². The summed E-state index contributed by atoms with van der Waals surface area (Å²) in [5.74, 6) is 0.675. The van der Waals surface area contributed by atoms with Gasteiger partial charge in [0.1, 0.15) is 0 Å². The summed E-state index contributed by atoms with van der Waals surface area (Å²) in [5.41, 5.74) is 6.06. The van der Waals surface area contributed by atoms with Crippen molar-refractivity contribution in [1.82, 2.24) is 10.2 Å². The molecule has 3 N–H and O–H groups in total. The molecule has 1 aliphatic carbocycles. The van der Waals surface area contributed by atoms with Gasteiger partial charge in [0.25, 0.3) is 0 Å². The summed E-state index contributed by atoms with van der Waals surface area (Å²) in [6.07, 6.45) is 7.24. The fourth-order valence-corrected chi connectivity index (χ4v) is 3.52. The quantitative estimate of drug-likeness (QED) is 0.805. The van der Waals surface area contributed by atoms with Crippen molar-refractivity contribution >= 4 is 11.8 Å². The van der Waals surface area contributed by atoms with Crippen molar-refractivity contribution in [2.45, 2.75) is 70.4 Å². The molecule has 5 nitrogen and oxygen atoms in total. The molecular formula is C16H29N3O2. The molecular weight excluding hydrogens is 266 g/mol. The zero-order chi connectivity index (χ0) is 15.2. The van der Waals surface area contributed by atoms with Crippen LogP contribution in [-0.2, 0) is 9.59 Å². The summed E-state index contributed by atoms with van der Waals surface area (Å²) >= 11 is 0. The number of amides is 2. The number of hydrogen-bond acceptors (Lipinski definition) is 3. The number of nitrogens with one attached hydrogen (secondary N) is 1. The predicted octanol–water partition coefficient (Wildman–Crippen LogP) is 1.41. The molecule has 5 heteroatoms. The third kappa shape index (κ3) is 4.70. The van der Waals surface area contributed by atoms with Crippen LogP contribution in [0.4, 0.5) is 0 Å². The van der Waals surface area contributed by atoms with E-state index in [1.165, 1.54) is 0 Å². The van der Waals surface area contributed by atoms with Crippen molar-refractivity contribution in [2.24, 2.45) is 11.7 Å². The summed E-state index contributed by atoms with van der Waals surface area (Å²) in [4.78, 5) is 26.0. The number of carbonyl (C=O) groups excluding carboxylic acids is 2. The van der Waals surface area contributed by atoms with Crippen LogP contribution in [0.3, 0.4) is 0 Å². The second-order valence-corrected chi connectivity index (χ2v) is 6.56. The van der Waals surface area contributed by atoms with Gasteiger partial charge in [0.05, 0.1) is 0 Å². The van der Waals surface area contributed by atoms with Gasteiger partial charge in [-0.05, 0) is 38.0 Å². The molecule has 0 radical (unpaired) electrons. The predicted molar refractivity (Wildman–Crippen MR) is 82.6 cm³/mol. The van der Waals surface area contributed by atoms with Crippen molar-refractivity contribution in [3.8, 4) is 0 Å². The van der Waals surface area contributed by atoms with E-state index in [1.54, 1.807) is 0 Å². The number of nitrogens with two attached hydrogens (primary N) is 1. The number of rotatable bonds is 5. The number of nitrogens with zero attached hydrogens (tertiary/aromatic N) is 1. The van der Waals surface area contributed by atoms with Gasteiger partial charge in [0, 0.05) is 38.0 Å². The smallest absolute Gasteiger partial charge is 0.222 e. The van der Waals surface area contributed by atoms with E-state index in [4.69, 9.17) is 5.73 Å². The molecule has 21 heavy (non-hydrogen) atoms. The number of carbonyl (C=O) groups is 2. The summed E-state index contributed by atoms with van der Waals surface area (Å²) < 4.78 is 0. The number of hydrogen-bond donors (Lipinski definition) is 2. The Balaban J connectivity index is 1.79. The van der Waals surface area contributed by atoms with E-state index >= 15 is 0 Å². The third-order valence-electron chi connectivity index (χ3n) is 4.77. The van der Waals surface area contributed by atoms with E-state index in [9.17, 15) is 9.59 Å². The Labute approximate surface area is 127 Å². The summed E-state index contributed by atoms with van der Waals surface area (Å²) in [7, 11) is 0. The van der Waals surface area contributed by atoms with Gasteiger partial charge in [-0.1, -0.05) is 13.3 Å². The van der Waals surface area contributed by atoms with Crippen LogP contribution in [0.15, 0.2) is 0 Å². The average Bonchev–Trinajstić information content (AvgIpc) is 2.85. The van der Waals surface area contributed by atoms with Crippen LogP contribution in [0.2, 0.25) is 0 Å². The van der Waals surface area contributed by atoms with E-state index < -0.39 is 0 Å². The molecule has 0 bridgehead atoms. The molecule has 1 aliphatic heterocycles. The van der Waals surface area contributed by atoms with Crippen LogP contribution >= 0.6 is 0 Å². The Morgan fingerprint density at radius 1 is 1.24 bits per heavy atom. The standard InChI is InChI=1S/C16H29N3O2/c1-2-5-15(20)18-13-7-4-9-19(11-13)16(21)10-12-6-3-8-14(12)17/h12-14H,2-11,17H2,1H3,(H,18,20)/t12-,13?,14+/m0/s1. The number of likely N-dealkylation sites (tertiary alicyclic amines) is 1. The van der Waals surface area contributed by atoms with Gasteiger partial charge in [-0.2, -0.15) is 0 Å². The van der Waals surface area contributed by atoms with Gasteiger partial charge in [0.2, 0.25) is 11.8 Å².